The maximum absolute atomic E-state index is 4.61. The molecule has 0 bridgehead atoms. The van der Waals surface area contributed by atoms with Gasteiger partial charge in [0.2, 0.25) is 0 Å². The molecule has 1 aliphatic heterocycles. The van der Waals surface area contributed by atoms with E-state index in [4.69, 9.17) is 0 Å². The molecule has 0 unspecified atom stereocenters. The molecule has 0 aliphatic carbocycles. The Kier molecular flexibility index (Phi) is 3.19. The lowest BCUT2D eigenvalue weighted by atomic mass is 10.3. The van der Waals surface area contributed by atoms with Gasteiger partial charge in [-0.3, -0.25) is 0 Å². The number of hydrogen-bond acceptors (Lipinski definition) is 3. The van der Waals surface area contributed by atoms with E-state index in [9.17, 15) is 0 Å². The van der Waals surface area contributed by atoms with Crippen molar-refractivity contribution in [3.05, 3.63) is 71.4 Å². The maximum atomic E-state index is 4.61. The van der Waals surface area contributed by atoms with E-state index in [0.717, 1.165) is 22.1 Å². The Hall–Kier alpha value is -1.91. The van der Waals surface area contributed by atoms with Crippen LogP contribution < -0.4 is 15.6 Å². The van der Waals surface area contributed by atoms with E-state index in [1.54, 1.807) is 0 Å². The molecule has 0 fully saturated rings. The van der Waals surface area contributed by atoms with Crippen molar-refractivity contribution in [2.45, 2.75) is 6.92 Å². The lowest BCUT2D eigenvalue weighted by molar-refractivity contribution is 0.722. The van der Waals surface area contributed by atoms with E-state index in [2.05, 4.69) is 18.2 Å². The fraction of sp³-hybridized carbons (Fsp3) is 0.0667. The number of benzene rings is 2. The third-order valence-electron chi connectivity index (χ3n) is 3.02. The molecule has 3 rings (SSSR count). The number of allylic oxidation sites excluding steroid dienone is 1. The zero-order valence-corrected chi connectivity index (χ0v) is 11.5. The average Bonchev–Trinajstić information content (AvgIpc) is 2.77. The molecule has 0 aromatic heterocycles. The van der Waals surface area contributed by atoms with E-state index in [-0.39, 0.29) is 0 Å². The number of rotatable bonds is 2. The van der Waals surface area contributed by atoms with Gasteiger partial charge in [-0.2, -0.15) is 0 Å². The van der Waals surface area contributed by atoms with E-state index in [1.165, 1.54) is 0 Å². The summed E-state index contributed by atoms with van der Waals surface area (Å²) in [6.45, 7) is 2.02. The minimum Gasteiger partial charge on any atom is -0.241 e. The van der Waals surface area contributed by atoms with Gasteiger partial charge in [0.05, 0.1) is 17.1 Å². The predicted molar refractivity (Wildman–Crippen MR) is 81.7 cm³/mol. The summed E-state index contributed by atoms with van der Waals surface area (Å²) >= 11 is 4.57. The third-order valence-corrected chi connectivity index (χ3v) is 3.54. The van der Waals surface area contributed by atoms with Crippen LogP contribution in [0.4, 0.5) is 11.4 Å². The summed E-state index contributed by atoms with van der Waals surface area (Å²) < 4.78 is 0. The summed E-state index contributed by atoms with van der Waals surface area (Å²) in [7, 11) is 0. The van der Waals surface area contributed by atoms with Crippen molar-refractivity contribution < 1.29 is 0 Å². The molecule has 0 saturated heterocycles. The van der Waals surface area contributed by atoms with Gasteiger partial charge < -0.3 is 0 Å². The van der Waals surface area contributed by atoms with Crippen molar-refractivity contribution in [3.8, 4) is 0 Å². The molecule has 2 aromatic rings. The molecular formula is C15H14N3S. The summed E-state index contributed by atoms with van der Waals surface area (Å²) in [5, 5.41) is 4.58. The Balaban J connectivity index is 1.94. The van der Waals surface area contributed by atoms with Gasteiger partial charge in [-0.15, -0.1) is 12.6 Å². The number of para-hydroxylation sites is 2. The van der Waals surface area contributed by atoms with Crippen LogP contribution in [-0.4, -0.2) is 0 Å². The highest BCUT2D eigenvalue weighted by molar-refractivity contribution is 7.84. The Labute approximate surface area is 118 Å². The van der Waals surface area contributed by atoms with Gasteiger partial charge in [0.1, 0.15) is 5.03 Å². The Morgan fingerprint density at radius 2 is 1.26 bits per heavy atom. The van der Waals surface area contributed by atoms with Gasteiger partial charge >= 0.3 is 0 Å². The normalized spacial score (nSPS) is 15.3. The van der Waals surface area contributed by atoms with E-state index < -0.39 is 0 Å². The second-order valence-corrected chi connectivity index (χ2v) is 4.72. The van der Waals surface area contributed by atoms with Crippen LogP contribution in [0.15, 0.2) is 71.4 Å². The minimum atomic E-state index is 0.843. The Bertz CT molecular complexity index is 542. The highest BCUT2D eigenvalue weighted by Crippen LogP contribution is 2.32. The first-order chi connectivity index (χ1) is 9.27. The molecule has 0 N–H and O–H groups in total. The standard InChI is InChI=1S/C15H14N3S/c1-12-15(19)18(14-10-6-3-7-11-14)16-17(12)13-8-4-2-5-9-13/h2-11,19H,1H3. The zero-order chi connectivity index (χ0) is 13.2. The fourth-order valence-corrected chi connectivity index (χ4v) is 2.25. The number of hydrogen-bond donors (Lipinski definition) is 1. The predicted octanol–water partition coefficient (Wildman–Crippen LogP) is 3.57. The van der Waals surface area contributed by atoms with Gasteiger partial charge in [-0.1, -0.05) is 36.4 Å². The van der Waals surface area contributed by atoms with Crippen molar-refractivity contribution in [1.29, 1.82) is 0 Å². The molecule has 2 aromatic carbocycles. The van der Waals surface area contributed by atoms with Crippen LogP contribution in [0.2, 0.25) is 0 Å². The number of anilines is 2. The first kappa shape index (κ1) is 12.1. The van der Waals surface area contributed by atoms with Crippen molar-refractivity contribution in [2.75, 3.05) is 10.0 Å². The fourth-order valence-electron chi connectivity index (χ4n) is 2.00. The molecule has 19 heavy (non-hydrogen) atoms. The van der Waals surface area contributed by atoms with Crippen molar-refractivity contribution >= 4 is 24.0 Å². The molecule has 0 spiro atoms. The lowest BCUT2D eigenvalue weighted by Crippen LogP contribution is -2.34. The lowest BCUT2D eigenvalue weighted by Gasteiger charge is -2.21. The van der Waals surface area contributed by atoms with Crippen LogP contribution in [0.5, 0.6) is 0 Å². The van der Waals surface area contributed by atoms with E-state index >= 15 is 0 Å². The van der Waals surface area contributed by atoms with Crippen molar-refractivity contribution in [1.82, 2.24) is 5.53 Å². The molecule has 1 radical (unpaired) electrons. The molecule has 0 saturated carbocycles. The second-order valence-electron chi connectivity index (χ2n) is 4.29. The maximum Gasteiger partial charge on any atom is 0.112 e. The SMILES string of the molecule is CC1=C(S)N(c2ccccc2)[N]N1c1ccccc1. The Morgan fingerprint density at radius 3 is 1.79 bits per heavy atom. The van der Waals surface area contributed by atoms with Gasteiger partial charge in [0.25, 0.3) is 0 Å². The number of nitrogens with zero attached hydrogens (tertiary/aromatic N) is 3. The van der Waals surface area contributed by atoms with Gasteiger partial charge in [0, 0.05) is 0 Å². The molecule has 0 amide bonds. The molecule has 3 nitrogen and oxygen atoms in total. The highest BCUT2D eigenvalue weighted by Gasteiger charge is 2.28. The monoisotopic (exact) mass is 268 g/mol. The molecule has 0 atom stereocenters. The van der Waals surface area contributed by atoms with Crippen LogP contribution in [-0.2, 0) is 0 Å². The van der Waals surface area contributed by atoms with Crippen LogP contribution in [0.3, 0.4) is 0 Å². The van der Waals surface area contributed by atoms with E-state index in [0.29, 0.717) is 0 Å². The topological polar surface area (TPSA) is 20.6 Å². The van der Waals surface area contributed by atoms with Crippen molar-refractivity contribution in [3.63, 3.8) is 0 Å². The zero-order valence-electron chi connectivity index (χ0n) is 10.6. The molecule has 1 aliphatic rings. The smallest absolute Gasteiger partial charge is 0.112 e. The summed E-state index contributed by atoms with van der Waals surface area (Å²) in [5.41, 5.74) is 7.66. The molecule has 4 heteroatoms. The van der Waals surface area contributed by atoms with E-state index in [1.807, 2.05) is 77.6 Å². The highest BCUT2D eigenvalue weighted by atomic mass is 32.1. The Morgan fingerprint density at radius 1 is 0.789 bits per heavy atom. The average molecular weight is 268 g/mol. The third kappa shape index (κ3) is 2.20. The molecular weight excluding hydrogens is 254 g/mol. The molecule has 95 valence electrons. The van der Waals surface area contributed by atoms with Crippen LogP contribution in [0.1, 0.15) is 6.92 Å². The first-order valence-corrected chi connectivity index (χ1v) is 6.54. The van der Waals surface area contributed by atoms with Crippen LogP contribution in [0, 0.1) is 0 Å². The second kappa shape index (κ2) is 4.99. The van der Waals surface area contributed by atoms with Crippen LogP contribution >= 0.6 is 12.6 Å². The van der Waals surface area contributed by atoms with Gasteiger partial charge in [0.15, 0.2) is 0 Å². The van der Waals surface area contributed by atoms with Crippen LogP contribution in [0.25, 0.3) is 0 Å². The summed E-state index contributed by atoms with van der Waals surface area (Å²) in [6.07, 6.45) is 0. The van der Waals surface area contributed by atoms with Gasteiger partial charge in [-0.05, 0) is 36.7 Å². The quantitative estimate of drug-likeness (QED) is 0.840. The first-order valence-electron chi connectivity index (χ1n) is 6.09. The summed E-state index contributed by atoms with van der Waals surface area (Å²) in [4.78, 5) is 0. The summed E-state index contributed by atoms with van der Waals surface area (Å²) in [5.74, 6) is 0. The number of thiol groups is 1. The molecule has 1 heterocycles. The van der Waals surface area contributed by atoms with Gasteiger partial charge in [-0.25, -0.2) is 10.0 Å². The summed E-state index contributed by atoms with van der Waals surface area (Å²) in [6, 6.07) is 20.1. The van der Waals surface area contributed by atoms with Crippen molar-refractivity contribution in [2.24, 2.45) is 0 Å². The largest absolute Gasteiger partial charge is 0.241 e. The minimum absolute atomic E-state index is 0.843.